The summed E-state index contributed by atoms with van der Waals surface area (Å²) in [4.78, 5) is 28.2. The second-order valence-corrected chi connectivity index (χ2v) is 6.53. The Morgan fingerprint density at radius 1 is 1.12 bits per heavy atom. The van der Waals surface area contributed by atoms with Gasteiger partial charge in [0.2, 0.25) is 5.91 Å². The highest BCUT2D eigenvalue weighted by atomic mass is 35.5. The average Bonchev–Trinajstić information content (AvgIpc) is 3.15. The Morgan fingerprint density at radius 2 is 1.79 bits per heavy atom. The van der Waals surface area contributed by atoms with Crippen molar-refractivity contribution in [2.24, 2.45) is 0 Å². The molecule has 1 aromatic carbocycles. The molecule has 1 N–H and O–H groups in total. The fraction of sp³-hybridized carbons (Fsp3) is 0.529. The van der Waals surface area contributed by atoms with Crippen LogP contribution in [0.25, 0.3) is 0 Å². The van der Waals surface area contributed by atoms with Crippen molar-refractivity contribution in [3.05, 3.63) is 29.3 Å². The lowest BCUT2D eigenvalue weighted by atomic mass is 10.2. The molecule has 2 fully saturated rings. The molecular weight excluding hydrogens is 330 g/mol. The van der Waals surface area contributed by atoms with Crippen LogP contribution in [-0.2, 0) is 9.59 Å². The molecule has 6 nitrogen and oxygen atoms in total. The standard InChI is InChI=1S/C17H22ClN3O3/c18-13-3-5-14(6-4-13)24-12-16(22)20-8-10-21(11-9-20)17(23)15-2-1-7-19-15/h3-6,15,19H,1-2,7-12H2. The maximum Gasteiger partial charge on any atom is 0.260 e. The molecule has 0 aromatic heterocycles. The molecule has 0 bridgehead atoms. The number of carbonyl (C=O) groups is 2. The number of amides is 2. The second-order valence-electron chi connectivity index (χ2n) is 6.10. The van der Waals surface area contributed by atoms with E-state index in [1.54, 1.807) is 29.2 Å². The molecule has 3 rings (SSSR count). The van der Waals surface area contributed by atoms with Crippen molar-refractivity contribution in [3.8, 4) is 5.75 Å². The van der Waals surface area contributed by atoms with Gasteiger partial charge < -0.3 is 19.9 Å². The number of halogens is 1. The minimum absolute atomic E-state index is 0.000239. The van der Waals surface area contributed by atoms with E-state index in [0.717, 1.165) is 19.4 Å². The summed E-state index contributed by atoms with van der Waals surface area (Å²) in [5.74, 6) is 0.724. The van der Waals surface area contributed by atoms with Gasteiger partial charge in [0.05, 0.1) is 6.04 Å². The van der Waals surface area contributed by atoms with Crippen molar-refractivity contribution in [2.75, 3.05) is 39.3 Å². The number of hydrogen-bond acceptors (Lipinski definition) is 4. The largest absolute Gasteiger partial charge is 0.484 e. The summed E-state index contributed by atoms with van der Waals surface area (Å²) in [6.07, 6.45) is 1.96. The number of benzene rings is 1. The molecular formula is C17H22ClN3O3. The molecule has 1 aromatic rings. The molecule has 0 radical (unpaired) electrons. The summed E-state index contributed by atoms with van der Waals surface area (Å²) in [6.45, 7) is 3.20. The van der Waals surface area contributed by atoms with E-state index < -0.39 is 0 Å². The van der Waals surface area contributed by atoms with Crippen LogP contribution in [0.2, 0.25) is 5.02 Å². The second kappa shape index (κ2) is 7.85. The first-order valence-corrected chi connectivity index (χ1v) is 8.69. The third-order valence-electron chi connectivity index (χ3n) is 4.48. The van der Waals surface area contributed by atoms with Gasteiger partial charge in [0, 0.05) is 31.2 Å². The first-order valence-electron chi connectivity index (χ1n) is 8.32. The third kappa shape index (κ3) is 4.19. The fourth-order valence-corrected chi connectivity index (χ4v) is 3.19. The molecule has 0 saturated carbocycles. The minimum atomic E-state index is -0.0592. The Hall–Kier alpha value is -1.79. The molecule has 1 atom stereocenters. The van der Waals surface area contributed by atoms with Gasteiger partial charge in [-0.1, -0.05) is 11.6 Å². The van der Waals surface area contributed by atoms with Crippen molar-refractivity contribution in [2.45, 2.75) is 18.9 Å². The normalized spacial score (nSPS) is 21.0. The average molecular weight is 352 g/mol. The summed E-state index contributed by atoms with van der Waals surface area (Å²) in [5.41, 5.74) is 0. The Balaban J connectivity index is 1.43. The Kier molecular flexibility index (Phi) is 5.58. The predicted octanol–water partition coefficient (Wildman–Crippen LogP) is 1.14. The van der Waals surface area contributed by atoms with E-state index in [1.165, 1.54) is 0 Å². The van der Waals surface area contributed by atoms with Gasteiger partial charge in [-0.3, -0.25) is 9.59 Å². The number of rotatable bonds is 4. The Morgan fingerprint density at radius 3 is 2.42 bits per heavy atom. The van der Waals surface area contributed by atoms with Crippen molar-refractivity contribution in [1.82, 2.24) is 15.1 Å². The minimum Gasteiger partial charge on any atom is -0.484 e. The van der Waals surface area contributed by atoms with Gasteiger partial charge in [0.15, 0.2) is 6.61 Å². The predicted molar refractivity (Wildman–Crippen MR) is 91.1 cm³/mol. The molecule has 2 amide bonds. The quantitative estimate of drug-likeness (QED) is 0.883. The number of carbonyl (C=O) groups excluding carboxylic acids is 2. The maximum atomic E-state index is 12.3. The highest BCUT2D eigenvalue weighted by Gasteiger charge is 2.30. The van der Waals surface area contributed by atoms with Gasteiger partial charge in [-0.2, -0.15) is 0 Å². The van der Waals surface area contributed by atoms with E-state index in [2.05, 4.69) is 5.32 Å². The molecule has 2 heterocycles. The highest BCUT2D eigenvalue weighted by Crippen LogP contribution is 2.16. The van der Waals surface area contributed by atoms with Crippen molar-refractivity contribution in [3.63, 3.8) is 0 Å². The van der Waals surface area contributed by atoms with Crippen LogP contribution in [0.5, 0.6) is 5.75 Å². The number of hydrogen-bond donors (Lipinski definition) is 1. The lowest BCUT2D eigenvalue weighted by Crippen LogP contribution is -2.54. The summed E-state index contributed by atoms with van der Waals surface area (Å²) < 4.78 is 5.49. The fourth-order valence-electron chi connectivity index (χ4n) is 3.06. The highest BCUT2D eigenvalue weighted by molar-refractivity contribution is 6.30. The van der Waals surface area contributed by atoms with Crippen molar-refractivity contribution >= 4 is 23.4 Å². The van der Waals surface area contributed by atoms with Gasteiger partial charge in [-0.15, -0.1) is 0 Å². The summed E-state index contributed by atoms with van der Waals surface area (Å²) >= 11 is 5.81. The van der Waals surface area contributed by atoms with Crippen LogP contribution < -0.4 is 10.1 Å². The van der Waals surface area contributed by atoms with Gasteiger partial charge in [-0.05, 0) is 43.7 Å². The summed E-state index contributed by atoms with van der Waals surface area (Å²) in [5, 5.41) is 3.86. The number of nitrogens with zero attached hydrogens (tertiary/aromatic N) is 2. The van der Waals surface area contributed by atoms with Crippen LogP contribution in [0.3, 0.4) is 0 Å². The van der Waals surface area contributed by atoms with Crippen LogP contribution in [0.1, 0.15) is 12.8 Å². The third-order valence-corrected chi connectivity index (χ3v) is 4.73. The Bertz CT molecular complexity index is 579. The first kappa shape index (κ1) is 17.0. The zero-order valence-electron chi connectivity index (χ0n) is 13.5. The van der Waals surface area contributed by atoms with Gasteiger partial charge in [0.25, 0.3) is 5.91 Å². The maximum absolute atomic E-state index is 12.3. The number of nitrogens with one attached hydrogen (secondary N) is 1. The van der Waals surface area contributed by atoms with Crippen molar-refractivity contribution < 1.29 is 14.3 Å². The van der Waals surface area contributed by atoms with Crippen LogP contribution in [0.15, 0.2) is 24.3 Å². The lowest BCUT2D eigenvalue weighted by molar-refractivity contribution is -0.141. The molecule has 2 saturated heterocycles. The molecule has 0 spiro atoms. The monoisotopic (exact) mass is 351 g/mol. The smallest absolute Gasteiger partial charge is 0.260 e. The zero-order valence-corrected chi connectivity index (χ0v) is 14.3. The summed E-state index contributed by atoms with van der Waals surface area (Å²) in [7, 11) is 0. The van der Waals surface area contributed by atoms with E-state index >= 15 is 0 Å². The first-order chi connectivity index (χ1) is 11.6. The van der Waals surface area contributed by atoms with E-state index in [4.69, 9.17) is 16.3 Å². The van der Waals surface area contributed by atoms with E-state index in [9.17, 15) is 9.59 Å². The SMILES string of the molecule is O=C(COc1ccc(Cl)cc1)N1CCN(C(=O)C2CCCN2)CC1. The molecule has 0 aliphatic carbocycles. The zero-order chi connectivity index (χ0) is 16.9. The van der Waals surface area contributed by atoms with Gasteiger partial charge in [0.1, 0.15) is 5.75 Å². The van der Waals surface area contributed by atoms with E-state index in [-0.39, 0.29) is 24.5 Å². The molecule has 2 aliphatic heterocycles. The van der Waals surface area contributed by atoms with Crippen molar-refractivity contribution in [1.29, 1.82) is 0 Å². The van der Waals surface area contributed by atoms with E-state index in [0.29, 0.717) is 37.0 Å². The van der Waals surface area contributed by atoms with Gasteiger partial charge >= 0.3 is 0 Å². The topological polar surface area (TPSA) is 61.9 Å². The molecule has 24 heavy (non-hydrogen) atoms. The number of ether oxygens (including phenoxy) is 1. The van der Waals surface area contributed by atoms with Crippen LogP contribution in [0.4, 0.5) is 0 Å². The number of piperazine rings is 1. The molecule has 1 unspecified atom stereocenters. The molecule has 7 heteroatoms. The van der Waals surface area contributed by atoms with Crippen LogP contribution in [-0.4, -0.2) is 67.0 Å². The van der Waals surface area contributed by atoms with Crippen LogP contribution >= 0.6 is 11.6 Å². The lowest BCUT2D eigenvalue weighted by Gasteiger charge is -2.35. The van der Waals surface area contributed by atoms with E-state index in [1.807, 2.05) is 4.90 Å². The molecule has 2 aliphatic rings. The summed E-state index contributed by atoms with van der Waals surface area (Å²) in [6, 6.07) is 6.88. The Labute approximate surface area is 146 Å². The van der Waals surface area contributed by atoms with Crippen LogP contribution in [0, 0.1) is 0 Å². The van der Waals surface area contributed by atoms with Gasteiger partial charge in [-0.25, -0.2) is 0 Å². The molecule has 130 valence electrons.